The Balaban J connectivity index is 2.01. The molecule has 3 aromatic rings. The fourth-order valence-electron chi connectivity index (χ4n) is 2.39. The summed E-state index contributed by atoms with van der Waals surface area (Å²) in [5.74, 6) is 0.458. The van der Waals surface area contributed by atoms with Gasteiger partial charge in [-0.2, -0.15) is 10.1 Å². The number of nitrogens with zero attached hydrogens (tertiary/aromatic N) is 5. The van der Waals surface area contributed by atoms with Crippen LogP contribution < -0.4 is 16.7 Å². The van der Waals surface area contributed by atoms with Crippen LogP contribution in [0, 0.1) is 0 Å². The van der Waals surface area contributed by atoms with Crippen LogP contribution in [0.4, 0.5) is 5.95 Å². The molecule has 3 rings (SSSR count). The maximum atomic E-state index is 12.3. The third kappa shape index (κ3) is 2.45. The van der Waals surface area contributed by atoms with Gasteiger partial charge in [0.05, 0.1) is 6.21 Å². The van der Waals surface area contributed by atoms with E-state index in [1.54, 1.807) is 38.4 Å². The van der Waals surface area contributed by atoms with Crippen molar-refractivity contribution in [2.45, 2.75) is 0 Å². The minimum Gasteiger partial charge on any atom is -0.508 e. The predicted octanol–water partition coefficient (Wildman–Crippen LogP) is 0.122. The van der Waals surface area contributed by atoms with E-state index in [-0.39, 0.29) is 11.4 Å². The van der Waals surface area contributed by atoms with Gasteiger partial charge >= 0.3 is 5.69 Å². The summed E-state index contributed by atoms with van der Waals surface area (Å²) in [5, 5.41) is 13.5. The second-order valence-corrected chi connectivity index (χ2v) is 5.34. The number of hydrazone groups is 1. The molecule has 2 heterocycles. The van der Waals surface area contributed by atoms with Gasteiger partial charge < -0.3 is 9.67 Å². The molecule has 0 spiro atoms. The number of rotatable bonds is 3. The lowest BCUT2D eigenvalue weighted by molar-refractivity contribution is 0.475. The summed E-state index contributed by atoms with van der Waals surface area (Å²) in [6.45, 7) is 0. The summed E-state index contributed by atoms with van der Waals surface area (Å²) in [7, 11) is 4.63. The summed E-state index contributed by atoms with van der Waals surface area (Å²) in [6.07, 6.45) is 1.51. The molecule has 0 aliphatic heterocycles. The fraction of sp³-hybridized carbons (Fsp3) is 0.200. The molecule has 0 saturated heterocycles. The van der Waals surface area contributed by atoms with Crippen molar-refractivity contribution in [3.8, 4) is 5.75 Å². The Bertz CT molecular complexity index is 1070. The third-order valence-electron chi connectivity index (χ3n) is 3.72. The standard InChI is InChI=1S/C15H16N6O3/c1-19-11-12(20(2)15(24)21(3)13(11)23)17-14(19)18-16-8-9-5-4-6-10(22)7-9/h4-8,22H,1-3H3,(H,17,18). The molecule has 0 bridgehead atoms. The Morgan fingerprint density at radius 1 is 1.17 bits per heavy atom. The zero-order chi connectivity index (χ0) is 17.4. The fourth-order valence-corrected chi connectivity index (χ4v) is 2.39. The van der Waals surface area contributed by atoms with E-state index < -0.39 is 11.2 Å². The van der Waals surface area contributed by atoms with Gasteiger partial charge in [0.25, 0.3) is 5.56 Å². The smallest absolute Gasteiger partial charge is 0.332 e. The van der Waals surface area contributed by atoms with Crippen molar-refractivity contribution in [1.82, 2.24) is 18.7 Å². The van der Waals surface area contributed by atoms with Crippen molar-refractivity contribution in [3.63, 3.8) is 0 Å². The van der Waals surface area contributed by atoms with Gasteiger partial charge in [0.1, 0.15) is 5.75 Å². The molecular formula is C15H16N6O3. The largest absolute Gasteiger partial charge is 0.508 e. The Labute approximate surface area is 136 Å². The maximum absolute atomic E-state index is 12.3. The molecule has 9 heteroatoms. The van der Waals surface area contributed by atoms with Crippen LogP contribution in [0.5, 0.6) is 5.75 Å². The third-order valence-corrected chi connectivity index (χ3v) is 3.72. The zero-order valence-corrected chi connectivity index (χ0v) is 13.4. The number of phenolic OH excluding ortho intramolecular Hbond substituents is 1. The second kappa shape index (κ2) is 5.69. The van der Waals surface area contributed by atoms with Crippen molar-refractivity contribution in [2.24, 2.45) is 26.2 Å². The predicted molar refractivity (Wildman–Crippen MR) is 90.5 cm³/mol. The van der Waals surface area contributed by atoms with Crippen LogP contribution in [-0.2, 0) is 21.1 Å². The van der Waals surface area contributed by atoms with E-state index in [4.69, 9.17) is 0 Å². The lowest BCUT2D eigenvalue weighted by Crippen LogP contribution is -2.37. The Morgan fingerprint density at radius 3 is 2.62 bits per heavy atom. The Morgan fingerprint density at radius 2 is 1.92 bits per heavy atom. The molecule has 0 radical (unpaired) electrons. The molecule has 2 aromatic heterocycles. The SMILES string of the molecule is Cn1c(=O)c2c(nc(NN=Cc3cccc(O)c3)n2C)n(C)c1=O. The van der Waals surface area contributed by atoms with Crippen LogP contribution in [-0.4, -0.2) is 30.0 Å². The van der Waals surface area contributed by atoms with Crippen LogP contribution in [0.3, 0.4) is 0 Å². The van der Waals surface area contributed by atoms with Crippen molar-refractivity contribution < 1.29 is 5.11 Å². The molecule has 0 aliphatic rings. The van der Waals surface area contributed by atoms with Gasteiger partial charge in [-0.1, -0.05) is 12.1 Å². The van der Waals surface area contributed by atoms with Crippen molar-refractivity contribution in [1.29, 1.82) is 0 Å². The summed E-state index contributed by atoms with van der Waals surface area (Å²) < 4.78 is 3.88. The van der Waals surface area contributed by atoms with E-state index >= 15 is 0 Å². The minimum atomic E-state index is -0.444. The zero-order valence-electron chi connectivity index (χ0n) is 13.4. The summed E-state index contributed by atoms with van der Waals surface area (Å²) >= 11 is 0. The molecule has 0 atom stereocenters. The number of phenols is 1. The maximum Gasteiger partial charge on any atom is 0.332 e. The number of aryl methyl sites for hydroxylation is 2. The van der Waals surface area contributed by atoms with Crippen molar-refractivity contribution in [2.75, 3.05) is 5.43 Å². The first-order valence-electron chi connectivity index (χ1n) is 7.10. The first kappa shape index (κ1) is 15.5. The first-order valence-corrected chi connectivity index (χ1v) is 7.10. The molecule has 24 heavy (non-hydrogen) atoms. The molecule has 124 valence electrons. The molecule has 1 aromatic carbocycles. The van der Waals surface area contributed by atoms with E-state index in [9.17, 15) is 14.7 Å². The number of aromatic nitrogens is 4. The second-order valence-electron chi connectivity index (χ2n) is 5.34. The lowest BCUT2D eigenvalue weighted by Gasteiger charge is -2.03. The minimum absolute atomic E-state index is 0.139. The van der Waals surface area contributed by atoms with Crippen LogP contribution in [0.2, 0.25) is 0 Å². The van der Waals surface area contributed by atoms with Crippen LogP contribution in [0.1, 0.15) is 5.56 Å². The number of benzene rings is 1. The van der Waals surface area contributed by atoms with Crippen LogP contribution in [0.15, 0.2) is 39.0 Å². The summed E-state index contributed by atoms with van der Waals surface area (Å²) in [5.41, 5.74) is 3.15. The van der Waals surface area contributed by atoms with Gasteiger partial charge in [-0.25, -0.2) is 10.2 Å². The van der Waals surface area contributed by atoms with Gasteiger partial charge in [0.15, 0.2) is 11.2 Å². The number of hydrogen-bond donors (Lipinski definition) is 2. The lowest BCUT2D eigenvalue weighted by atomic mass is 10.2. The van der Waals surface area contributed by atoms with Crippen molar-refractivity contribution >= 4 is 23.3 Å². The number of imidazole rings is 1. The topological polar surface area (TPSA) is 106 Å². The quantitative estimate of drug-likeness (QED) is 0.525. The molecule has 2 N–H and O–H groups in total. The van der Waals surface area contributed by atoms with Crippen LogP contribution >= 0.6 is 0 Å². The van der Waals surface area contributed by atoms with E-state index in [1.807, 2.05) is 0 Å². The number of aromatic hydroxyl groups is 1. The van der Waals surface area contributed by atoms with Gasteiger partial charge in [0.2, 0.25) is 5.95 Å². The molecule has 0 unspecified atom stereocenters. The van der Waals surface area contributed by atoms with Crippen LogP contribution in [0.25, 0.3) is 11.2 Å². The summed E-state index contributed by atoms with van der Waals surface area (Å²) in [4.78, 5) is 28.5. The van der Waals surface area contributed by atoms with Gasteiger partial charge in [-0.15, -0.1) is 0 Å². The monoisotopic (exact) mass is 328 g/mol. The highest BCUT2D eigenvalue weighted by molar-refractivity contribution is 5.81. The number of anilines is 1. The highest BCUT2D eigenvalue weighted by atomic mass is 16.3. The molecule has 9 nitrogen and oxygen atoms in total. The highest BCUT2D eigenvalue weighted by Gasteiger charge is 2.16. The first-order chi connectivity index (χ1) is 11.4. The van der Waals surface area contributed by atoms with E-state index in [0.717, 1.165) is 4.57 Å². The number of fused-ring (bicyclic) bond motifs is 1. The number of nitrogens with one attached hydrogen (secondary N) is 1. The Kier molecular flexibility index (Phi) is 3.68. The van der Waals surface area contributed by atoms with E-state index in [2.05, 4.69) is 15.5 Å². The average molecular weight is 328 g/mol. The van der Waals surface area contributed by atoms with Gasteiger partial charge in [-0.3, -0.25) is 13.9 Å². The molecule has 0 fully saturated rings. The highest BCUT2D eigenvalue weighted by Crippen LogP contribution is 2.13. The van der Waals surface area contributed by atoms with Gasteiger partial charge in [-0.05, 0) is 17.7 Å². The number of hydrogen-bond acceptors (Lipinski definition) is 6. The molecular weight excluding hydrogens is 312 g/mol. The summed E-state index contributed by atoms with van der Waals surface area (Å²) in [6, 6.07) is 6.59. The van der Waals surface area contributed by atoms with Crippen molar-refractivity contribution in [3.05, 3.63) is 50.7 Å². The van der Waals surface area contributed by atoms with Gasteiger partial charge in [0, 0.05) is 21.1 Å². The molecule has 0 amide bonds. The van der Waals surface area contributed by atoms with E-state index in [1.165, 1.54) is 22.4 Å². The average Bonchev–Trinajstić information content (AvgIpc) is 2.88. The molecule has 0 aliphatic carbocycles. The normalized spacial score (nSPS) is 11.5. The molecule has 0 saturated carbocycles. The van der Waals surface area contributed by atoms with E-state index in [0.29, 0.717) is 17.0 Å². The Hall–Kier alpha value is -3.36.